The van der Waals surface area contributed by atoms with Crippen LogP contribution in [0.5, 0.6) is 0 Å². The molecule has 0 bridgehead atoms. The zero-order chi connectivity index (χ0) is 20.5. The highest BCUT2D eigenvalue weighted by molar-refractivity contribution is 5.89. The Morgan fingerprint density at radius 1 is 0.724 bits per heavy atom. The summed E-state index contributed by atoms with van der Waals surface area (Å²) >= 11 is 0. The van der Waals surface area contributed by atoms with Crippen LogP contribution in [0.3, 0.4) is 0 Å². The van der Waals surface area contributed by atoms with Gasteiger partial charge in [-0.25, -0.2) is 4.79 Å². The van der Waals surface area contributed by atoms with Crippen LogP contribution in [0.15, 0.2) is 84.9 Å². The van der Waals surface area contributed by atoms with Gasteiger partial charge < -0.3 is 9.64 Å². The normalized spacial score (nSPS) is 10.4. The van der Waals surface area contributed by atoms with Crippen molar-refractivity contribution in [1.82, 2.24) is 4.90 Å². The Hall–Kier alpha value is -3.40. The van der Waals surface area contributed by atoms with E-state index in [4.69, 9.17) is 4.74 Å². The van der Waals surface area contributed by atoms with Gasteiger partial charge in [0.05, 0.1) is 12.7 Å². The minimum atomic E-state index is -0.357. The van der Waals surface area contributed by atoms with Crippen LogP contribution in [0, 0.1) is 0 Å². The third-order valence-electron chi connectivity index (χ3n) is 4.79. The van der Waals surface area contributed by atoms with E-state index in [-0.39, 0.29) is 11.9 Å². The number of benzene rings is 3. The fraction of sp³-hybridized carbons (Fsp3) is 0.200. The van der Waals surface area contributed by atoms with E-state index in [1.807, 2.05) is 77.7 Å². The van der Waals surface area contributed by atoms with E-state index < -0.39 is 0 Å². The van der Waals surface area contributed by atoms with Crippen LogP contribution in [0.2, 0.25) is 0 Å². The fourth-order valence-electron chi connectivity index (χ4n) is 3.17. The summed E-state index contributed by atoms with van der Waals surface area (Å²) < 4.78 is 4.72. The fourth-order valence-corrected chi connectivity index (χ4v) is 3.17. The Kier molecular flexibility index (Phi) is 7.17. The van der Waals surface area contributed by atoms with Gasteiger partial charge >= 0.3 is 5.97 Å². The van der Waals surface area contributed by atoms with E-state index in [1.54, 1.807) is 12.1 Å². The molecule has 0 radical (unpaired) electrons. The highest BCUT2D eigenvalue weighted by atomic mass is 16.5. The predicted octanol–water partition coefficient (Wildman–Crippen LogP) is 4.63. The van der Waals surface area contributed by atoms with Crippen LogP contribution in [0.1, 0.15) is 33.5 Å². The number of nitrogens with zero attached hydrogens (tertiary/aromatic N) is 1. The van der Waals surface area contributed by atoms with Crippen LogP contribution in [0.25, 0.3) is 0 Å². The second-order valence-electron chi connectivity index (χ2n) is 6.91. The minimum Gasteiger partial charge on any atom is -0.465 e. The van der Waals surface area contributed by atoms with E-state index >= 15 is 0 Å². The van der Waals surface area contributed by atoms with Gasteiger partial charge in [-0.05, 0) is 35.2 Å². The Labute approximate surface area is 171 Å². The standard InChI is InChI=1S/C25H25NO3/c1-29-25(28)23-15-12-20(13-16-23)14-17-24(27)26(18-21-8-4-2-5-9-21)19-22-10-6-3-7-11-22/h2-13,15-16H,14,17-19H2,1H3. The van der Waals surface area contributed by atoms with Crippen LogP contribution >= 0.6 is 0 Å². The summed E-state index contributed by atoms with van der Waals surface area (Å²) in [5.74, 6) is -0.251. The van der Waals surface area contributed by atoms with Crippen molar-refractivity contribution in [2.24, 2.45) is 0 Å². The molecule has 0 spiro atoms. The summed E-state index contributed by atoms with van der Waals surface area (Å²) in [5.41, 5.74) is 3.75. The average molecular weight is 387 g/mol. The van der Waals surface area contributed by atoms with Crippen LogP contribution in [-0.2, 0) is 29.0 Å². The molecule has 0 aliphatic heterocycles. The lowest BCUT2D eigenvalue weighted by Crippen LogP contribution is -2.30. The molecule has 29 heavy (non-hydrogen) atoms. The van der Waals surface area contributed by atoms with Crippen LogP contribution < -0.4 is 0 Å². The molecule has 0 fully saturated rings. The Balaban J connectivity index is 1.66. The maximum Gasteiger partial charge on any atom is 0.337 e. The molecule has 0 heterocycles. The van der Waals surface area contributed by atoms with Crippen molar-refractivity contribution < 1.29 is 14.3 Å². The SMILES string of the molecule is COC(=O)c1ccc(CCC(=O)N(Cc2ccccc2)Cc2ccccc2)cc1. The maximum atomic E-state index is 13.0. The summed E-state index contributed by atoms with van der Waals surface area (Å²) in [5, 5.41) is 0. The van der Waals surface area contributed by atoms with Gasteiger partial charge in [0, 0.05) is 19.5 Å². The predicted molar refractivity (Wildman–Crippen MR) is 113 cm³/mol. The van der Waals surface area contributed by atoms with Crippen molar-refractivity contribution >= 4 is 11.9 Å². The molecule has 3 aromatic carbocycles. The molecule has 4 heteroatoms. The highest BCUT2D eigenvalue weighted by Gasteiger charge is 2.15. The van der Waals surface area contributed by atoms with Gasteiger partial charge in [0.25, 0.3) is 0 Å². The van der Waals surface area contributed by atoms with Crippen molar-refractivity contribution in [2.75, 3.05) is 7.11 Å². The monoisotopic (exact) mass is 387 g/mol. The molecule has 4 nitrogen and oxygen atoms in total. The van der Waals surface area contributed by atoms with Crippen LogP contribution in [-0.4, -0.2) is 23.9 Å². The molecule has 148 valence electrons. The molecule has 0 aliphatic carbocycles. The molecule has 0 saturated heterocycles. The summed E-state index contributed by atoms with van der Waals surface area (Å²) in [6.07, 6.45) is 1.04. The Morgan fingerprint density at radius 2 is 1.24 bits per heavy atom. The number of carbonyl (C=O) groups is 2. The van der Waals surface area contributed by atoms with E-state index in [9.17, 15) is 9.59 Å². The van der Waals surface area contributed by atoms with Gasteiger partial charge in [0.2, 0.25) is 5.91 Å². The van der Waals surface area contributed by atoms with Crippen LogP contribution in [0.4, 0.5) is 0 Å². The molecule has 1 amide bonds. The lowest BCUT2D eigenvalue weighted by atomic mass is 10.1. The number of esters is 1. The lowest BCUT2D eigenvalue weighted by Gasteiger charge is -2.23. The second kappa shape index (κ2) is 10.2. The van der Waals surface area contributed by atoms with Gasteiger partial charge in [0.1, 0.15) is 0 Å². The number of hydrogen-bond acceptors (Lipinski definition) is 3. The number of aryl methyl sites for hydroxylation is 1. The summed E-state index contributed by atoms with van der Waals surface area (Å²) in [7, 11) is 1.36. The summed E-state index contributed by atoms with van der Waals surface area (Å²) in [4.78, 5) is 26.4. The molecular formula is C25H25NO3. The van der Waals surface area contributed by atoms with Gasteiger partial charge in [-0.2, -0.15) is 0 Å². The number of carbonyl (C=O) groups excluding carboxylic acids is 2. The van der Waals surface area contributed by atoms with E-state index in [0.717, 1.165) is 16.7 Å². The van der Waals surface area contributed by atoms with Crippen molar-refractivity contribution in [3.8, 4) is 0 Å². The Bertz CT molecular complexity index is 880. The highest BCUT2D eigenvalue weighted by Crippen LogP contribution is 2.14. The first-order chi connectivity index (χ1) is 14.2. The number of ether oxygens (including phenoxy) is 1. The first-order valence-corrected chi connectivity index (χ1v) is 9.68. The van der Waals surface area contributed by atoms with Gasteiger partial charge in [0.15, 0.2) is 0 Å². The number of hydrogen-bond donors (Lipinski definition) is 0. The van der Waals surface area contributed by atoms with Crippen molar-refractivity contribution in [1.29, 1.82) is 0 Å². The topological polar surface area (TPSA) is 46.6 Å². The Morgan fingerprint density at radius 3 is 1.72 bits per heavy atom. The van der Waals surface area contributed by atoms with Crippen molar-refractivity contribution in [2.45, 2.75) is 25.9 Å². The van der Waals surface area contributed by atoms with E-state index in [1.165, 1.54) is 7.11 Å². The number of rotatable bonds is 8. The lowest BCUT2D eigenvalue weighted by molar-refractivity contribution is -0.132. The molecular weight excluding hydrogens is 362 g/mol. The number of amides is 1. The third-order valence-corrected chi connectivity index (χ3v) is 4.79. The van der Waals surface area contributed by atoms with Crippen molar-refractivity contribution in [3.63, 3.8) is 0 Å². The largest absolute Gasteiger partial charge is 0.465 e. The molecule has 0 saturated carbocycles. The first-order valence-electron chi connectivity index (χ1n) is 9.68. The molecule has 0 unspecified atom stereocenters. The molecule has 0 N–H and O–H groups in total. The summed E-state index contributed by atoms with van der Waals surface area (Å²) in [6, 6.07) is 27.3. The maximum absolute atomic E-state index is 13.0. The van der Waals surface area contributed by atoms with Gasteiger partial charge in [-0.15, -0.1) is 0 Å². The van der Waals surface area contributed by atoms with Gasteiger partial charge in [-0.3, -0.25) is 4.79 Å². The quantitative estimate of drug-likeness (QED) is 0.529. The van der Waals surface area contributed by atoms with Gasteiger partial charge in [-0.1, -0.05) is 72.8 Å². The third kappa shape index (κ3) is 6.04. The van der Waals surface area contributed by atoms with E-state index in [2.05, 4.69) is 0 Å². The molecule has 3 rings (SSSR count). The molecule has 0 aliphatic rings. The zero-order valence-electron chi connectivity index (χ0n) is 16.6. The first kappa shape index (κ1) is 20.3. The average Bonchev–Trinajstić information content (AvgIpc) is 2.78. The zero-order valence-corrected chi connectivity index (χ0v) is 16.6. The smallest absolute Gasteiger partial charge is 0.337 e. The second-order valence-corrected chi connectivity index (χ2v) is 6.91. The molecule has 0 aromatic heterocycles. The molecule has 3 aromatic rings. The summed E-state index contributed by atoms with van der Waals surface area (Å²) in [6.45, 7) is 1.16. The minimum absolute atomic E-state index is 0.106. The number of methoxy groups -OCH3 is 1. The van der Waals surface area contributed by atoms with Crippen molar-refractivity contribution in [3.05, 3.63) is 107 Å². The van der Waals surface area contributed by atoms with E-state index in [0.29, 0.717) is 31.5 Å². The molecule has 0 atom stereocenters.